The quantitative estimate of drug-likeness (QED) is 0.530. The SMILES string of the molecule is O=C1CCC1c1ccc([N+](=O)[O-])cc1. The second-order valence-electron chi connectivity index (χ2n) is 3.41. The summed E-state index contributed by atoms with van der Waals surface area (Å²) in [5.74, 6) is 0.217. The molecule has 1 aliphatic rings. The lowest BCUT2D eigenvalue weighted by Gasteiger charge is -2.23. The van der Waals surface area contributed by atoms with E-state index in [9.17, 15) is 14.9 Å². The van der Waals surface area contributed by atoms with Gasteiger partial charge in [-0.15, -0.1) is 0 Å². The van der Waals surface area contributed by atoms with Crippen LogP contribution in [-0.2, 0) is 4.79 Å². The van der Waals surface area contributed by atoms with Crippen LogP contribution in [0.4, 0.5) is 5.69 Å². The lowest BCUT2D eigenvalue weighted by atomic mass is 9.79. The highest BCUT2D eigenvalue weighted by Gasteiger charge is 2.29. The summed E-state index contributed by atoms with van der Waals surface area (Å²) >= 11 is 0. The Hall–Kier alpha value is -1.71. The number of hydrogen-bond donors (Lipinski definition) is 0. The first kappa shape index (κ1) is 8.87. The second-order valence-corrected chi connectivity index (χ2v) is 3.41. The van der Waals surface area contributed by atoms with Crippen LogP contribution < -0.4 is 0 Å². The zero-order valence-electron chi connectivity index (χ0n) is 7.47. The van der Waals surface area contributed by atoms with Gasteiger partial charge in [0, 0.05) is 24.5 Å². The summed E-state index contributed by atoms with van der Waals surface area (Å²) in [5.41, 5.74) is 0.965. The van der Waals surface area contributed by atoms with E-state index in [4.69, 9.17) is 0 Å². The van der Waals surface area contributed by atoms with E-state index < -0.39 is 4.92 Å². The molecule has 0 spiro atoms. The number of nitrogens with zero attached hydrogens (tertiary/aromatic N) is 1. The molecule has 0 bridgehead atoms. The first-order valence-electron chi connectivity index (χ1n) is 4.45. The van der Waals surface area contributed by atoms with Gasteiger partial charge >= 0.3 is 0 Å². The molecule has 72 valence electrons. The maximum absolute atomic E-state index is 11.1. The van der Waals surface area contributed by atoms with Crippen LogP contribution >= 0.6 is 0 Å². The van der Waals surface area contributed by atoms with Gasteiger partial charge < -0.3 is 0 Å². The molecular formula is C10H9NO3. The number of carbonyl (C=O) groups excluding carboxylic acids is 1. The van der Waals surface area contributed by atoms with Gasteiger partial charge in [-0.25, -0.2) is 0 Å². The van der Waals surface area contributed by atoms with E-state index in [1.54, 1.807) is 12.1 Å². The minimum Gasteiger partial charge on any atom is -0.299 e. The van der Waals surface area contributed by atoms with Crippen molar-refractivity contribution in [2.45, 2.75) is 18.8 Å². The molecule has 0 saturated heterocycles. The first-order valence-corrected chi connectivity index (χ1v) is 4.45. The molecule has 1 aromatic rings. The largest absolute Gasteiger partial charge is 0.299 e. The lowest BCUT2D eigenvalue weighted by molar-refractivity contribution is -0.384. The molecule has 0 amide bonds. The monoisotopic (exact) mass is 191 g/mol. The number of carbonyl (C=O) groups is 1. The van der Waals surface area contributed by atoms with Gasteiger partial charge in [0.25, 0.3) is 5.69 Å². The van der Waals surface area contributed by atoms with E-state index in [0.29, 0.717) is 6.42 Å². The van der Waals surface area contributed by atoms with Crippen LogP contribution in [0, 0.1) is 10.1 Å². The molecule has 14 heavy (non-hydrogen) atoms. The highest BCUT2D eigenvalue weighted by atomic mass is 16.6. The number of non-ortho nitro benzene ring substituents is 1. The normalized spacial score (nSPS) is 20.3. The third kappa shape index (κ3) is 1.39. The van der Waals surface area contributed by atoms with E-state index in [1.165, 1.54) is 12.1 Å². The first-order chi connectivity index (χ1) is 6.68. The fourth-order valence-electron chi connectivity index (χ4n) is 1.59. The van der Waals surface area contributed by atoms with E-state index in [-0.39, 0.29) is 17.4 Å². The summed E-state index contributed by atoms with van der Waals surface area (Å²) in [6.45, 7) is 0. The van der Waals surface area contributed by atoms with Gasteiger partial charge in [-0.3, -0.25) is 14.9 Å². The van der Waals surface area contributed by atoms with Gasteiger partial charge in [0.05, 0.1) is 4.92 Å². The topological polar surface area (TPSA) is 60.2 Å². The molecule has 4 heteroatoms. The Morgan fingerprint density at radius 2 is 1.93 bits per heavy atom. The molecule has 1 atom stereocenters. The Balaban J connectivity index is 2.21. The molecule has 0 radical (unpaired) electrons. The molecular weight excluding hydrogens is 182 g/mol. The average molecular weight is 191 g/mol. The van der Waals surface area contributed by atoms with Crippen molar-refractivity contribution in [1.29, 1.82) is 0 Å². The van der Waals surface area contributed by atoms with Crippen LogP contribution in [0.2, 0.25) is 0 Å². The fraction of sp³-hybridized carbons (Fsp3) is 0.300. The van der Waals surface area contributed by atoms with Gasteiger partial charge in [-0.2, -0.15) is 0 Å². The maximum Gasteiger partial charge on any atom is 0.269 e. The number of hydrogen-bond acceptors (Lipinski definition) is 3. The number of rotatable bonds is 2. The summed E-state index contributed by atoms with van der Waals surface area (Å²) in [4.78, 5) is 21.0. The van der Waals surface area contributed by atoms with E-state index >= 15 is 0 Å². The predicted molar refractivity (Wildman–Crippen MR) is 50.1 cm³/mol. The van der Waals surface area contributed by atoms with Crippen molar-refractivity contribution in [3.8, 4) is 0 Å². The van der Waals surface area contributed by atoms with Crippen LogP contribution in [-0.4, -0.2) is 10.7 Å². The summed E-state index contributed by atoms with van der Waals surface area (Å²) in [7, 11) is 0. The third-order valence-corrected chi connectivity index (χ3v) is 2.57. The Morgan fingerprint density at radius 3 is 2.29 bits per heavy atom. The zero-order valence-corrected chi connectivity index (χ0v) is 7.47. The number of nitro groups is 1. The van der Waals surface area contributed by atoms with Crippen molar-refractivity contribution < 1.29 is 9.72 Å². The third-order valence-electron chi connectivity index (χ3n) is 2.57. The molecule has 4 nitrogen and oxygen atoms in total. The second kappa shape index (κ2) is 3.21. The van der Waals surface area contributed by atoms with Crippen molar-refractivity contribution >= 4 is 11.5 Å². The Labute approximate surface area is 80.7 Å². The number of nitro benzene ring substituents is 1. The van der Waals surface area contributed by atoms with Crippen molar-refractivity contribution in [3.63, 3.8) is 0 Å². The van der Waals surface area contributed by atoms with Crippen molar-refractivity contribution in [2.24, 2.45) is 0 Å². The highest BCUT2D eigenvalue weighted by Crippen LogP contribution is 2.33. The van der Waals surface area contributed by atoms with Crippen molar-refractivity contribution in [2.75, 3.05) is 0 Å². The molecule has 0 aliphatic heterocycles. The molecule has 0 aromatic heterocycles. The van der Waals surface area contributed by atoms with E-state index in [1.807, 2.05) is 0 Å². The molecule has 1 fully saturated rings. The summed E-state index contributed by atoms with van der Waals surface area (Å²) in [6.07, 6.45) is 1.51. The van der Waals surface area contributed by atoms with Gasteiger partial charge in [-0.05, 0) is 12.0 Å². The van der Waals surface area contributed by atoms with Gasteiger partial charge in [-0.1, -0.05) is 12.1 Å². The standard InChI is InChI=1S/C10H9NO3/c12-10-6-5-9(10)7-1-3-8(4-2-7)11(13)14/h1-4,9H,5-6H2. The van der Waals surface area contributed by atoms with E-state index in [2.05, 4.69) is 0 Å². The molecule has 2 rings (SSSR count). The van der Waals surface area contributed by atoms with Gasteiger partial charge in [0.2, 0.25) is 0 Å². The number of benzene rings is 1. The highest BCUT2D eigenvalue weighted by molar-refractivity contribution is 5.91. The van der Waals surface area contributed by atoms with Crippen LogP contribution in [0.1, 0.15) is 24.3 Å². The number of ketones is 1. The van der Waals surface area contributed by atoms with Crippen LogP contribution in [0.3, 0.4) is 0 Å². The Bertz CT molecular complexity index is 383. The minimum absolute atomic E-state index is 0.0178. The summed E-state index contributed by atoms with van der Waals surface area (Å²) < 4.78 is 0. The molecule has 1 aromatic carbocycles. The smallest absolute Gasteiger partial charge is 0.269 e. The molecule has 0 N–H and O–H groups in total. The zero-order chi connectivity index (χ0) is 10.1. The molecule has 1 saturated carbocycles. The van der Waals surface area contributed by atoms with E-state index in [0.717, 1.165) is 12.0 Å². The van der Waals surface area contributed by atoms with Crippen LogP contribution in [0.15, 0.2) is 24.3 Å². The van der Waals surface area contributed by atoms with Crippen LogP contribution in [0.25, 0.3) is 0 Å². The molecule has 1 unspecified atom stereocenters. The molecule has 1 aliphatic carbocycles. The number of Topliss-reactive ketones (excluding diaryl/α,β-unsaturated/α-hetero) is 1. The minimum atomic E-state index is -0.438. The lowest BCUT2D eigenvalue weighted by Crippen LogP contribution is -2.22. The summed E-state index contributed by atoms with van der Waals surface area (Å²) in [5, 5.41) is 10.4. The van der Waals surface area contributed by atoms with Gasteiger partial charge in [0.1, 0.15) is 5.78 Å². The van der Waals surface area contributed by atoms with Crippen LogP contribution in [0.5, 0.6) is 0 Å². The Morgan fingerprint density at radius 1 is 1.29 bits per heavy atom. The average Bonchev–Trinajstić information content (AvgIpc) is 2.16. The molecule has 0 heterocycles. The summed E-state index contributed by atoms with van der Waals surface area (Å²) in [6, 6.07) is 6.22. The van der Waals surface area contributed by atoms with Gasteiger partial charge in [0.15, 0.2) is 0 Å². The Kier molecular flexibility index (Phi) is 2.04. The predicted octanol–water partition coefficient (Wildman–Crippen LogP) is 2.04. The fourth-order valence-corrected chi connectivity index (χ4v) is 1.59. The van der Waals surface area contributed by atoms with Crippen molar-refractivity contribution in [3.05, 3.63) is 39.9 Å². The van der Waals surface area contributed by atoms with Crippen molar-refractivity contribution in [1.82, 2.24) is 0 Å². The maximum atomic E-state index is 11.1.